The third-order valence-corrected chi connectivity index (χ3v) is 3.30. The second kappa shape index (κ2) is 7.24. The SMILES string of the molecule is CCc1nc(C(C)NC(=O)NCCCO)cs1. The van der Waals surface area contributed by atoms with E-state index in [9.17, 15) is 4.79 Å². The predicted molar refractivity (Wildman–Crippen MR) is 68.1 cm³/mol. The lowest BCUT2D eigenvalue weighted by Gasteiger charge is -2.12. The number of hydrogen-bond acceptors (Lipinski definition) is 4. The van der Waals surface area contributed by atoms with Gasteiger partial charge in [-0.3, -0.25) is 0 Å². The number of aliphatic hydroxyl groups excluding tert-OH is 1. The van der Waals surface area contributed by atoms with Crippen molar-refractivity contribution < 1.29 is 9.90 Å². The molecule has 0 aliphatic rings. The topological polar surface area (TPSA) is 74.2 Å². The Balaban J connectivity index is 2.37. The van der Waals surface area contributed by atoms with Crippen LogP contribution < -0.4 is 10.6 Å². The first-order valence-corrected chi connectivity index (χ1v) is 6.64. The number of aryl methyl sites for hydroxylation is 1. The molecule has 0 aliphatic carbocycles. The van der Waals surface area contributed by atoms with Crippen LogP contribution in [0.5, 0.6) is 0 Å². The first-order chi connectivity index (χ1) is 8.17. The Morgan fingerprint density at radius 1 is 1.65 bits per heavy atom. The van der Waals surface area contributed by atoms with Gasteiger partial charge in [-0.15, -0.1) is 11.3 Å². The number of nitrogens with one attached hydrogen (secondary N) is 2. The first kappa shape index (κ1) is 13.9. The van der Waals surface area contributed by atoms with Crippen LogP contribution in [-0.4, -0.2) is 29.3 Å². The number of rotatable bonds is 6. The Morgan fingerprint density at radius 2 is 2.41 bits per heavy atom. The molecule has 0 bridgehead atoms. The summed E-state index contributed by atoms with van der Waals surface area (Å²) in [5, 5.41) is 17.1. The lowest BCUT2D eigenvalue weighted by molar-refractivity contribution is 0.235. The number of hydrogen-bond donors (Lipinski definition) is 3. The molecule has 0 spiro atoms. The molecule has 1 rings (SSSR count). The molecule has 1 aromatic heterocycles. The molecule has 3 N–H and O–H groups in total. The van der Waals surface area contributed by atoms with Gasteiger partial charge < -0.3 is 15.7 Å². The third-order valence-electron chi connectivity index (χ3n) is 2.28. The number of thiazole rings is 1. The minimum absolute atomic E-state index is 0.0851. The van der Waals surface area contributed by atoms with Gasteiger partial charge >= 0.3 is 6.03 Å². The largest absolute Gasteiger partial charge is 0.396 e. The molecule has 17 heavy (non-hydrogen) atoms. The maximum absolute atomic E-state index is 11.4. The average Bonchev–Trinajstić information content (AvgIpc) is 2.78. The molecule has 6 heteroatoms. The summed E-state index contributed by atoms with van der Waals surface area (Å²) in [4.78, 5) is 15.9. The molecular formula is C11H19N3O2S. The van der Waals surface area contributed by atoms with Crippen LogP contribution in [0.15, 0.2) is 5.38 Å². The van der Waals surface area contributed by atoms with Gasteiger partial charge in [-0.05, 0) is 19.8 Å². The predicted octanol–water partition coefficient (Wildman–Crippen LogP) is 1.45. The van der Waals surface area contributed by atoms with Crippen LogP contribution in [0.2, 0.25) is 0 Å². The van der Waals surface area contributed by atoms with Crippen LogP contribution in [-0.2, 0) is 6.42 Å². The Hall–Kier alpha value is -1.14. The fourth-order valence-corrected chi connectivity index (χ4v) is 2.13. The zero-order valence-corrected chi connectivity index (χ0v) is 11.0. The summed E-state index contributed by atoms with van der Waals surface area (Å²) in [6.45, 7) is 4.52. The molecule has 0 aliphatic heterocycles. The van der Waals surface area contributed by atoms with Gasteiger partial charge in [0.15, 0.2) is 0 Å². The molecule has 5 nitrogen and oxygen atoms in total. The highest BCUT2D eigenvalue weighted by atomic mass is 32.1. The molecule has 1 unspecified atom stereocenters. The monoisotopic (exact) mass is 257 g/mol. The van der Waals surface area contributed by atoms with Gasteiger partial charge in [-0.25, -0.2) is 9.78 Å². The van der Waals surface area contributed by atoms with Gasteiger partial charge in [-0.1, -0.05) is 6.92 Å². The van der Waals surface area contributed by atoms with Gasteiger partial charge in [0.1, 0.15) is 0 Å². The van der Waals surface area contributed by atoms with Gasteiger partial charge in [0.2, 0.25) is 0 Å². The Morgan fingerprint density at radius 3 is 3.00 bits per heavy atom. The maximum Gasteiger partial charge on any atom is 0.315 e. The second-order valence-electron chi connectivity index (χ2n) is 3.72. The minimum Gasteiger partial charge on any atom is -0.396 e. The number of aromatic nitrogens is 1. The molecule has 0 saturated heterocycles. The van der Waals surface area contributed by atoms with E-state index in [1.54, 1.807) is 11.3 Å². The molecule has 1 heterocycles. The first-order valence-electron chi connectivity index (χ1n) is 5.76. The maximum atomic E-state index is 11.4. The number of amides is 2. The molecule has 2 amide bonds. The number of carbonyl (C=O) groups excluding carboxylic acids is 1. The van der Waals surface area contributed by atoms with Crippen LogP contribution in [0.3, 0.4) is 0 Å². The van der Waals surface area contributed by atoms with Crippen molar-refractivity contribution in [2.45, 2.75) is 32.7 Å². The van der Waals surface area contributed by atoms with Gasteiger partial charge in [0, 0.05) is 18.5 Å². The van der Waals surface area contributed by atoms with Crippen LogP contribution >= 0.6 is 11.3 Å². The fourth-order valence-electron chi connectivity index (χ4n) is 1.29. The van der Waals surface area contributed by atoms with Crippen molar-refractivity contribution in [3.8, 4) is 0 Å². The molecule has 96 valence electrons. The number of nitrogens with zero attached hydrogens (tertiary/aromatic N) is 1. The zero-order valence-electron chi connectivity index (χ0n) is 10.2. The number of carbonyl (C=O) groups is 1. The van der Waals surface area contributed by atoms with Gasteiger partial charge in [0.25, 0.3) is 0 Å². The highest BCUT2D eigenvalue weighted by Crippen LogP contribution is 2.16. The molecule has 0 radical (unpaired) electrons. The van der Waals surface area contributed by atoms with E-state index < -0.39 is 0 Å². The molecular weight excluding hydrogens is 238 g/mol. The average molecular weight is 257 g/mol. The van der Waals surface area contributed by atoms with E-state index in [0.717, 1.165) is 17.1 Å². The summed E-state index contributed by atoms with van der Waals surface area (Å²) >= 11 is 1.61. The lowest BCUT2D eigenvalue weighted by Crippen LogP contribution is -2.37. The van der Waals surface area contributed by atoms with Crippen LogP contribution in [0, 0.1) is 0 Å². The standard InChI is InChI=1S/C11H19N3O2S/c1-3-10-14-9(7-17-10)8(2)13-11(16)12-5-4-6-15/h7-8,15H,3-6H2,1-2H3,(H2,12,13,16). The Labute approximate surface area is 105 Å². The number of aliphatic hydroxyl groups is 1. The highest BCUT2D eigenvalue weighted by molar-refractivity contribution is 7.09. The van der Waals surface area contributed by atoms with Crippen LogP contribution in [0.1, 0.15) is 37.0 Å². The normalized spacial score (nSPS) is 12.2. The summed E-state index contributed by atoms with van der Waals surface area (Å²) in [6, 6.07) is -0.322. The smallest absolute Gasteiger partial charge is 0.315 e. The summed E-state index contributed by atoms with van der Waals surface area (Å²) in [5.74, 6) is 0. The Kier molecular flexibility index (Phi) is 5.93. The van der Waals surface area contributed by atoms with Crippen molar-refractivity contribution in [2.24, 2.45) is 0 Å². The summed E-state index contributed by atoms with van der Waals surface area (Å²) in [7, 11) is 0. The minimum atomic E-state index is -0.225. The van der Waals surface area contributed by atoms with Crippen molar-refractivity contribution in [3.05, 3.63) is 16.1 Å². The highest BCUT2D eigenvalue weighted by Gasteiger charge is 2.11. The van der Waals surface area contributed by atoms with Crippen molar-refractivity contribution >= 4 is 17.4 Å². The van der Waals surface area contributed by atoms with E-state index in [2.05, 4.69) is 22.5 Å². The Bertz CT molecular complexity index is 354. The van der Waals surface area contributed by atoms with Crippen molar-refractivity contribution in [1.29, 1.82) is 0 Å². The van der Waals surface area contributed by atoms with Crippen molar-refractivity contribution in [2.75, 3.05) is 13.2 Å². The number of urea groups is 1. The molecule has 0 saturated carbocycles. The third kappa shape index (κ3) is 4.70. The van der Waals surface area contributed by atoms with Crippen molar-refractivity contribution in [1.82, 2.24) is 15.6 Å². The quantitative estimate of drug-likeness (QED) is 0.675. The van der Waals surface area contributed by atoms with Crippen molar-refractivity contribution in [3.63, 3.8) is 0 Å². The summed E-state index contributed by atoms with van der Waals surface area (Å²) in [6.07, 6.45) is 1.48. The molecule has 1 atom stereocenters. The van der Waals surface area contributed by atoms with Crippen LogP contribution in [0.25, 0.3) is 0 Å². The lowest BCUT2D eigenvalue weighted by atomic mass is 10.2. The van der Waals surface area contributed by atoms with Crippen LogP contribution in [0.4, 0.5) is 4.79 Å². The fraction of sp³-hybridized carbons (Fsp3) is 0.636. The second-order valence-corrected chi connectivity index (χ2v) is 4.66. The van der Waals surface area contributed by atoms with E-state index >= 15 is 0 Å². The van der Waals surface area contributed by atoms with E-state index in [0.29, 0.717) is 13.0 Å². The van der Waals surface area contributed by atoms with Gasteiger partial charge in [0.05, 0.1) is 16.7 Å². The van der Waals surface area contributed by atoms with E-state index in [1.165, 1.54) is 0 Å². The summed E-state index contributed by atoms with van der Waals surface area (Å²) < 4.78 is 0. The van der Waals surface area contributed by atoms with E-state index in [1.807, 2.05) is 12.3 Å². The van der Waals surface area contributed by atoms with E-state index in [4.69, 9.17) is 5.11 Å². The molecule has 1 aromatic rings. The zero-order chi connectivity index (χ0) is 12.7. The van der Waals surface area contributed by atoms with Gasteiger partial charge in [-0.2, -0.15) is 0 Å². The molecule has 0 fully saturated rings. The van der Waals surface area contributed by atoms with E-state index in [-0.39, 0.29) is 18.7 Å². The summed E-state index contributed by atoms with van der Waals surface area (Å²) in [5.41, 5.74) is 0.893. The molecule has 0 aromatic carbocycles.